The summed E-state index contributed by atoms with van der Waals surface area (Å²) < 4.78 is 0. The van der Waals surface area contributed by atoms with Crippen molar-refractivity contribution in [2.75, 3.05) is 0 Å². The first-order chi connectivity index (χ1) is 3.55. The molecule has 50 valence electrons. The molecule has 0 spiro atoms. The Morgan fingerprint density at radius 1 is 0.875 bits per heavy atom. The van der Waals surface area contributed by atoms with Crippen LogP contribution in [0.25, 0.3) is 0 Å². The fraction of sp³-hybridized carbons (Fsp3) is 1.00. The Bertz CT molecular complexity index is 49.4. The van der Waals surface area contributed by atoms with Gasteiger partial charge in [0.2, 0.25) is 0 Å². The molecule has 0 unspecified atom stereocenters. The van der Waals surface area contributed by atoms with Crippen LogP contribution in [-0.4, -0.2) is 5.25 Å². The van der Waals surface area contributed by atoms with E-state index in [1.54, 1.807) is 0 Å². The van der Waals surface area contributed by atoms with Crippen LogP contribution >= 0.6 is 12.6 Å². The Labute approximate surface area is 58.1 Å². The van der Waals surface area contributed by atoms with Gasteiger partial charge in [0.05, 0.1) is 0 Å². The molecule has 0 bridgehead atoms. The molecule has 0 saturated heterocycles. The summed E-state index contributed by atoms with van der Waals surface area (Å²) in [4.78, 5) is 0. The van der Waals surface area contributed by atoms with Crippen LogP contribution in [0.2, 0.25) is 0 Å². The van der Waals surface area contributed by atoms with Crippen molar-refractivity contribution in [2.45, 2.75) is 32.9 Å². The van der Waals surface area contributed by atoms with Crippen molar-refractivity contribution in [3.63, 3.8) is 0 Å². The van der Waals surface area contributed by atoms with E-state index in [1.807, 2.05) is 0 Å². The molecule has 0 aromatic carbocycles. The monoisotopic (exact) mass is 132 g/mol. The van der Waals surface area contributed by atoms with Crippen molar-refractivity contribution in [2.24, 2.45) is 11.8 Å². The second kappa shape index (κ2) is 3.39. The van der Waals surface area contributed by atoms with Gasteiger partial charge in [-0.2, -0.15) is 12.6 Å². The van der Waals surface area contributed by atoms with Crippen LogP contribution in [0, 0.1) is 11.8 Å². The highest BCUT2D eigenvalue weighted by Crippen LogP contribution is 2.17. The predicted molar refractivity (Wildman–Crippen MR) is 42.5 cm³/mol. The Hall–Kier alpha value is 0.350. The quantitative estimate of drug-likeness (QED) is 0.549. The molecule has 0 aromatic rings. The standard InChI is InChI=1S/C7H16S/c1-5(2)7(8)6(3)4/h5-8H,1-4H3. The normalized spacial score (nSPS) is 12.0. The minimum absolute atomic E-state index is 0.565. The zero-order chi connectivity index (χ0) is 6.73. The molecule has 1 heteroatoms. The topological polar surface area (TPSA) is 0 Å². The molecule has 0 nitrogen and oxygen atoms in total. The lowest BCUT2D eigenvalue weighted by atomic mass is 10.0. The average molecular weight is 132 g/mol. The number of hydrogen-bond acceptors (Lipinski definition) is 1. The van der Waals surface area contributed by atoms with Crippen LogP contribution in [-0.2, 0) is 0 Å². The highest BCUT2D eigenvalue weighted by atomic mass is 32.1. The summed E-state index contributed by atoms with van der Waals surface area (Å²) in [7, 11) is 0. The first-order valence-corrected chi connectivity index (χ1v) is 3.75. The second-order valence-electron chi connectivity index (χ2n) is 2.98. The Balaban J connectivity index is 3.46. The minimum atomic E-state index is 0.565. The summed E-state index contributed by atoms with van der Waals surface area (Å²) in [6.07, 6.45) is 0. The summed E-state index contributed by atoms with van der Waals surface area (Å²) >= 11 is 4.42. The molecule has 0 fully saturated rings. The molecule has 0 heterocycles. The molecule has 0 aliphatic carbocycles. The van der Waals surface area contributed by atoms with Crippen LogP contribution < -0.4 is 0 Å². The molecule has 8 heavy (non-hydrogen) atoms. The van der Waals surface area contributed by atoms with Gasteiger partial charge in [-0.3, -0.25) is 0 Å². The number of thiol groups is 1. The van der Waals surface area contributed by atoms with Crippen LogP contribution in [0.1, 0.15) is 27.7 Å². The third kappa shape index (κ3) is 2.61. The van der Waals surface area contributed by atoms with Crippen molar-refractivity contribution >= 4 is 12.6 Å². The largest absolute Gasteiger partial charge is 0.175 e. The molecule has 0 rings (SSSR count). The van der Waals surface area contributed by atoms with E-state index in [1.165, 1.54) is 0 Å². The number of rotatable bonds is 2. The molecular weight excluding hydrogens is 116 g/mol. The van der Waals surface area contributed by atoms with E-state index in [0.717, 1.165) is 0 Å². The van der Waals surface area contributed by atoms with Crippen LogP contribution in [0.4, 0.5) is 0 Å². The Morgan fingerprint density at radius 2 is 1.12 bits per heavy atom. The van der Waals surface area contributed by atoms with E-state index >= 15 is 0 Å². The summed E-state index contributed by atoms with van der Waals surface area (Å²) in [6.45, 7) is 8.82. The van der Waals surface area contributed by atoms with E-state index in [4.69, 9.17) is 0 Å². The van der Waals surface area contributed by atoms with Gasteiger partial charge in [0, 0.05) is 5.25 Å². The first-order valence-electron chi connectivity index (χ1n) is 3.23. The van der Waals surface area contributed by atoms with Crippen molar-refractivity contribution < 1.29 is 0 Å². The van der Waals surface area contributed by atoms with Crippen molar-refractivity contribution in [1.82, 2.24) is 0 Å². The summed E-state index contributed by atoms with van der Waals surface area (Å²) in [5, 5.41) is 0.565. The van der Waals surface area contributed by atoms with Gasteiger partial charge in [0.1, 0.15) is 0 Å². The van der Waals surface area contributed by atoms with Crippen LogP contribution in [0.5, 0.6) is 0 Å². The lowest BCUT2D eigenvalue weighted by Gasteiger charge is -2.17. The molecule has 0 amide bonds. The third-order valence-electron chi connectivity index (χ3n) is 1.37. The zero-order valence-corrected chi connectivity index (χ0v) is 7.07. The summed E-state index contributed by atoms with van der Waals surface area (Å²) in [6, 6.07) is 0. The maximum Gasteiger partial charge on any atom is 0.00628 e. The third-order valence-corrected chi connectivity index (χ3v) is 2.56. The van der Waals surface area contributed by atoms with Crippen LogP contribution in [0.3, 0.4) is 0 Å². The first kappa shape index (κ1) is 8.35. The molecule has 0 aromatic heterocycles. The van der Waals surface area contributed by atoms with Gasteiger partial charge >= 0.3 is 0 Å². The van der Waals surface area contributed by atoms with Gasteiger partial charge in [0.25, 0.3) is 0 Å². The minimum Gasteiger partial charge on any atom is -0.175 e. The molecule has 0 aliphatic rings. The maximum atomic E-state index is 4.42. The molecule has 0 radical (unpaired) electrons. The summed E-state index contributed by atoms with van der Waals surface area (Å²) in [5.74, 6) is 1.41. The van der Waals surface area contributed by atoms with E-state index in [9.17, 15) is 0 Å². The zero-order valence-electron chi connectivity index (χ0n) is 6.18. The second-order valence-corrected chi connectivity index (χ2v) is 3.57. The highest BCUT2D eigenvalue weighted by Gasteiger charge is 2.10. The lowest BCUT2D eigenvalue weighted by Crippen LogP contribution is -2.14. The maximum absolute atomic E-state index is 4.42. The van der Waals surface area contributed by atoms with Gasteiger partial charge in [0.15, 0.2) is 0 Å². The Morgan fingerprint density at radius 3 is 1.12 bits per heavy atom. The smallest absolute Gasteiger partial charge is 0.00628 e. The van der Waals surface area contributed by atoms with Gasteiger partial charge < -0.3 is 0 Å². The van der Waals surface area contributed by atoms with Gasteiger partial charge in [-0.1, -0.05) is 27.7 Å². The molecular formula is C7H16S. The van der Waals surface area contributed by atoms with Gasteiger partial charge in [-0.05, 0) is 11.8 Å². The average Bonchev–Trinajstić information content (AvgIpc) is 1.64. The highest BCUT2D eigenvalue weighted by molar-refractivity contribution is 7.81. The van der Waals surface area contributed by atoms with Gasteiger partial charge in [-0.15, -0.1) is 0 Å². The SMILES string of the molecule is CC(C)C(S)C(C)C. The van der Waals surface area contributed by atoms with E-state index in [-0.39, 0.29) is 0 Å². The van der Waals surface area contributed by atoms with Crippen molar-refractivity contribution in [3.05, 3.63) is 0 Å². The van der Waals surface area contributed by atoms with Crippen molar-refractivity contribution in [3.8, 4) is 0 Å². The molecule has 0 saturated carbocycles. The van der Waals surface area contributed by atoms with E-state index < -0.39 is 0 Å². The molecule has 0 N–H and O–H groups in total. The fourth-order valence-corrected chi connectivity index (χ4v) is 0.770. The molecule has 0 aliphatic heterocycles. The van der Waals surface area contributed by atoms with Crippen molar-refractivity contribution in [1.29, 1.82) is 0 Å². The van der Waals surface area contributed by atoms with Gasteiger partial charge in [-0.25, -0.2) is 0 Å². The van der Waals surface area contributed by atoms with Crippen LogP contribution in [0.15, 0.2) is 0 Å². The van der Waals surface area contributed by atoms with E-state index in [2.05, 4.69) is 40.3 Å². The van der Waals surface area contributed by atoms with E-state index in [0.29, 0.717) is 17.1 Å². The summed E-state index contributed by atoms with van der Waals surface area (Å²) in [5.41, 5.74) is 0. The fourth-order valence-electron chi connectivity index (χ4n) is 0.770. The Kier molecular flexibility index (Phi) is 3.54. The lowest BCUT2D eigenvalue weighted by molar-refractivity contribution is 0.490. The molecule has 0 atom stereocenters. The predicted octanol–water partition coefficient (Wildman–Crippen LogP) is 2.60. The number of hydrogen-bond donors (Lipinski definition) is 1.